The molecular formula is C13H22N4. The van der Waals surface area contributed by atoms with Gasteiger partial charge >= 0.3 is 0 Å². The second kappa shape index (κ2) is 5.45. The SMILES string of the molecule is CCc1nc(C)cc(N2CCC(CNC)C2)n1. The second-order valence-corrected chi connectivity index (χ2v) is 4.80. The van der Waals surface area contributed by atoms with Gasteiger partial charge in [0.25, 0.3) is 0 Å². The van der Waals surface area contributed by atoms with E-state index in [1.165, 1.54) is 6.42 Å². The van der Waals surface area contributed by atoms with Crippen molar-refractivity contribution < 1.29 is 0 Å². The molecule has 1 aliphatic rings. The van der Waals surface area contributed by atoms with Crippen molar-refractivity contribution in [1.82, 2.24) is 15.3 Å². The highest BCUT2D eigenvalue weighted by Gasteiger charge is 2.23. The average Bonchev–Trinajstić information content (AvgIpc) is 2.77. The summed E-state index contributed by atoms with van der Waals surface area (Å²) < 4.78 is 0. The number of nitrogens with one attached hydrogen (secondary N) is 1. The molecule has 0 aliphatic carbocycles. The lowest BCUT2D eigenvalue weighted by Gasteiger charge is -2.18. The molecule has 4 heteroatoms. The molecule has 0 saturated carbocycles. The Kier molecular flexibility index (Phi) is 3.94. The van der Waals surface area contributed by atoms with E-state index >= 15 is 0 Å². The zero-order chi connectivity index (χ0) is 12.3. The molecule has 1 saturated heterocycles. The fourth-order valence-corrected chi connectivity index (χ4v) is 2.43. The fourth-order valence-electron chi connectivity index (χ4n) is 2.43. The number of hydrogen-bond donors (Lipinski definition) is 1. The third kappa shape index (κ3) is 2.94. The summed E-state index contributed by atoms with van der Waals surface area (Å²) in [5, 5.41) is 3.26. The normalized spacial score (nSPS) is 19.9. The Bertz CT molecular complexity index is 378. The monoisotopic (exact) mass is 234 g/mol. The summed E-state index contributed by atoms with van der Waals surface area (Å²) in [6, 6.07) is 2.10. The molecule has 0 aromatic carbocycles. The molecule has 2 rings (SSSR count). The predicted octanol–water partition coefficient (Wildman–Crippen LogP) is 1.39. The average molecular weight is 234 g/mol. The van der Waals surface area contributed by atoms with Gasteiger partial charge in [-0.3, -0.25) is 0 Å². The smallest absolute Gasteiger partial charge is 0.132 e. The van der Waals surface area contributed by atoms with E-state index < -0.39 is 0 Å². The molecule has 0 bridgehead atoms. The second-order valence-electron chi connectivity index (χ2n) is 4.80. The van der Waals surface area contributed by atoms with E-state index in [1.807, 2.05) is 14.0 Å². The molecule has 4 nitrogen and oxygen atoms in total. The van der Waals surface area contributed by atoms with Crippen LogP contribution in [0.3, 0.4) is 0 Å². The summed E-state index contributed by atoms with van der Waals surface area (Å²) in [4.78, 5) is 11.4. The van der Waals surface area contributed by atoms with Crippen molar-refractivity contribution >= 4 is 5.82 Å². The van der Waals surface area contributed by atoms with E-state index in [1.54, 1.807) is 0 Å². The minimum atomic E-state index is 0.750. The van der Waals surface area contributed by atoms with Gasteiger partial charge in [-0.1, -0.05) is 6.92 Å². The van der Waals surface area contributed by atoms with Gasteiger partial charge < -0.3 is 10.2 Å². The molecule has 1 aromatic rings. The van der Waals surface area contributed by atoms with Crippen molar-refractivity contribution in [3.8, 4) is 0 Å². The van der Waals surface area contributed by atoms with Crippen LogP contribution in [0.1, 0.15) is 24.9 Å². The van der Waals surface area contributed by atoms with Crippen LogP contribution in [0.25, 0.3) is 0 Å². The molecular weight excluding hydrogens is 212 g/mol. The molecule has 94 valence electrons. The van der Waals surface area contributed by atoms with Gasteiger partial charge in [0.2, 0.25) is 0 Å². The number of aromatic nitrogens is 2. The number of anilines is 1. The maximum absolute atomic E-state index is 4.62. The highest BCUT2D eigenvalue weighted by Crippen LogP contribution is 2.22. The van der Waals surface area contributed by atoms with Crippen molar-refractivity contribution in [2.75, 3.05) is 31.6 Å². The Morgan fingerprint density at radius 2 is 2.29 bits per heavy atom. The topological polar surface area (TPSA) is 41.1 Å². The highest BCUT2D eigenvalue weighted by molar-refractivity contribution is 5.41. The van der Waals surface area contributed by atoms with Crippen LogP contribution >= 0.6 is 0 Å². The number of nitrogens with zero attached hydrogens (tertiary/aromatic N) is 3. The molecule has 2 heterocycles. The fraction of sp³-hybridized carbons (Fsp3) is 0.692. The molecule has 1 atom stereocenters. The van der Waals surface area contributed by atoms with Gasteiger partial charge in [0.1, 0.15) is 11.6 Å². The summed E-state index contributed by atoms with van der Waals surface area (Å²) in [6.07, 6.45) is 2.16. The first-order valence-corrected chi connectivity index (χ1v) is 6.47. The van der Waals surface area contributed by atoms with Crippen LogP contribution in [0, 0.1) is 12.8 Å². The van der Waals surface area contributed by atoms with Gasteiger partial charge in [-0.05, 0) is 32.9 Å². The molecule has 0 spiro atoms. The largest absolute Gasteiger partial charge is 0.356 e. The van der Waals surface area contributed by atoms with Crippen molar-refractivity contribution in [1.29, 1.82) is 0 Å². The van der Waals surface area contributed by atoms with E-state index in [9.17, 15) is 0 Å². The molecule has 0 radical (unpaired) electrons. The van der Waals surface area contributed by atoms with E-state index in [-0.39, 0.29) is 0 Å². The number of hydrogen-bond acceptors (Lipinski definition) is 4. The number of rotatable bonds is 4. The quantitative estimate of drug-likeness (QED) is 0.855. The Labute approximate surface area is 103 Å². The van der Waals surface area contributed by atoms with Crippen LogP contribution in [0.5, 0.6) is 0 Å². The zero-order valence-electron chi connectivity index (χ0n) is 11.0. The minimum absolute atomic E-state index is 0.750. The van der Waals surface area contributed by atoms with Crippen LogP contribution in [-0.4, -0.2) is 36.6 Å². The molecule has 1 aliphatic heterocycles. The summed E-state index contributed by atoms with van der Waals surface area (Å²) in [7, 11) is 2.02. The van der Waals surface area contributed by atoms with Crippen LogP contribution in [0.4, 0.5) is 5.82 Å². The van der Waals surface area contributed by atoms with Gasteiger partial charge in [-0.2, -0.15) is 0 Å². The first-order valence-electron chi connectivity index (χ1n) is 6.47. The molecule has 17 heavy (non-hydrogen) atoms. The molecule has 1 unspecified atom stereocenters. The lowest BCUT2D eigenvalue weighted by atomic mass is 10.1. The lowest BCUT2D eigenvalue weighted by Crippen LogP contribution is -2.25. The van der Waals surface area contributed by atoms with E-state index in [0.717, 1.165) is 49.3 Å². The van der Waals surface area contributed by atoms with E-state index in [4.69, 9.17) is 0 Å². The summed E-state index contributed by atoms with van der Waals surface area (Å²) >= 11 is 0. The van der Waals surface area contributed by atoms with Gasteiger partial charge in [-0.15, -0.1) is 0 Å². The molecule has 1 N–H and O–H groups in total. The Hall–Kier alpha value is -1.16. The van der Waals surface area contributed by atoms with Crippen LogP contribution in [-0.2, 0) is 6.42 Å². The Balaban J connectivity index is 2.10. The Morgan fingerprint density at radius 1 is 1.47 bits per heavy atom. The van der Waals surface area contributed by atoms with Gasteiger partial charge in [0.05, 0.1) is 0 Å². The van der Waals surface area contributed by atoms with Crippen molar-refractivity contribution in [3.63, 3.8) is 0 Å². The third-order valence-corrected chi connectivity index (χ3v) is 3.31. The minimum Gasteiger partial charge on any atom is -0.356 e. The first kappa shape index (κ1) is 12.3. The Morgan fingerprint density at radius 3 is 3.00 bits per heavy atom. The summed E-state index contributed by atoms with van der Waals surface area (Å²) in [6.45, 7) is 7.48. The zero-order valence-corrected chi connectivity index (χ0v) is 11.0. The van der Waals surface area contributed by atoms with Gasteiger partial charge in [-0.25, -0.2) is 9.97 Å². The first-order chi connectivity index (χ1) is 8.22. The molecule has 1 fully saturated rings. The predicted molar refractivity (Wildman–Crippen MR) is 70.4 cm³/mol. The van der Waals surface area contributed by atoms with E-state index in [0.29, 0.717) is 0 Å². The van der Waals surface area contributed by atoms with Crippen LogP contribution in [0.15, 0.2) is 6.07 Å². The van der Waals surface area contributed by atoms with Gasteiger partial charge in [0.15, 0.2) is 0 Å². The maximum atomic E-state index is 4.62. The van der Waals surface area contributed by atoms with Crippen LogP contribution < -0.4 is 10.2 Å². The number of aryl methyl sites for hydroxylation is 2. The molecule has 0 amide bonds. The van der Waals surface area contributed by atoms with Crippen LogP contribution in [0.2, 0.25) is 0 Å². The highest BCUT2D eigenvalue weighted by atomic mass is 15.2. The van der Waals surface area contributed by atoms with Crippen molar-refractivity contribution in [2.45, 2.75) is 26.7 Å². The molecule has 1 aromatic heterocycles. The standard InChI is InChI=1S/C13H22N4/c1-4-12-15-10(2)7-13(16-12)17-6-5-11(9-17)8-14-3/h7,11,14H,4-6,8-9H2,1-3H3. The third-order valence-electron chi connectivity index (χ3n) is 3.31. The van der Waals surface area contributed by atoms with E-state index in [2.05, 4.69) is 33.2 Å². The summed E-state index contributed by atoms with van der Waals surface area (Å²) in [5.74, 6) is 2.81. The lowest BCUT2D eigenvalue weighted by molar-refractivity contribution is 0.549. The maximum Gasteiger partial charge on any atom is 0.132 e. The van der Waals surface area contributed by atoms with Crippen molar-refractivity contribution in [3.05, 3.63) is 17.6 Å². The summed E-state index contributed by atoms with van der Waals surface area (Å²) in [5.41, 5.74) is 1.07. The van der Waals surface area contributed by atoms with Gasteiger partial charge in [0, 0.05) is 31.3 Å². The van der Waals surface area contributed by atoms with Crippen molar-refractivity contribution in [2.24, 2.45) is 5.92 Å².